The number of hydrogen-bond donors (Lipinski definition) is 2. The highest BCUT2D eigenvalue weighted by Crippen LogP contribution is 2.07. The largest absolute Gasteiger partial charge is 0.337 e. The molecule has 1 aliphatic heterocycles. The molecule has 0 aromatic carbocycles. The highest BCUT2D eigenvalue weighted by Gasteiger charge is 2.21. The number of rotatable bonds is 4. The van der Waals surface area contributed by atoms with E-state index in [1.165, 1.54) is 6.42 Å². The Morgan fingerprint density at radius 1 is 1.59 bits per heavy atom. The van der Waals surface area contributed by atoms with Gasteiger partial charge in [0.25, 0.3) is 5.91 Å². The standard InChI is InChI=1S/C11H19N5O/c1-3-9-13-10(15-14-9)11(17)16(2)7-8-5-4-6-12-8/h8,12H,3-7H2,1-2H3,(H,13,14,15). The summed E-state index contributed by atoms with van der Waals surface area (Å²) in [6.45, 7) is 3.74. The second-order valence-corrected chi connectivity index (χ2v) is 4.44. The summed E-state index contributed by atoms with van der Waals surface area (Å²) >= 11 is 0. The van der Waals surface area contributed by atoms with E-state index in [1.54, 1.807) is 11.9 Å². The average molecular weight is 237 g/mol. The third-order valence-corrected chi connectivity index (χ3v) is 3.06. The van der Waals surface area contributed by atoms with Gasteiger partial charge in [-0.2, -0.15) is 0 Å². The van der Waals surface area contributed by atoms with Crippen molar-refractivity contribution in [3.63, 3.8) is 0 Å². The molecule has 1 fully saturated rings. The Morgan fingerprint density at radius 2 is 2.41 bits per heavy atom. The number of aryl methyl sites for hydroxylation is 1. The first-order chi connectivity index (χ1) is 8.20. The molecule has 0 bridgehead atoms. The molecule has 0 radical (unpaired) electrons. The second kappa shape index (κ2) is 5.27. The number of nitrogens with zero attached hydrogens (tertiary/aromatic N) is 3. The lowest BCUT2D eigenvalue weighted by Crippen LogP contribution is -2.39. The van der Waals surface area contributed by atoms with Gasteiger partial charge in [0.2, 0.25) is 5.82 Å². The number of H-pyrrole nitrogens is 1. The smallest absolute Gasteiger partial charge is 0.293 e. The van der Waals surface area contributed by atoms with Gasteiger partial charge in [0, 0.05) is 26.1 Å². The van der Waals surface area contributed by atoms with Gasteiger partial charge in [-0.3, -0.25) is 9.89 Å². The van der Waals surface area contributed by atoms with Gasteiger partial charge in [-0.1, -0.05) is 6.92 Å². The summed E-state index contributed by atoms with van der Waals surface area (Å²) in [5, 5.41) is 10.1. The number of carbonyl (C=O) groups is 1. The molecule has 2 rings (SSSR count). The lowest BCUT2D eigenvalue weighted by atomic mass is 10.2. The van der Waals surface area contributed by atoms with Crippen LogP contribution in [0.3, 0.4) is 0 Å². The molecule has 94 valence electrons. The van der Waals surface area contributed by atoms with Crippen molar-refractivity contribution < 1.29 is 4.79 Å². The predicted octanol–water partition coefficient (Wildman–Crippen LogP) is 0.191. The first kappa shape index (κ1) is 12.0. The summed E-state index contributed by atoms with van der Waals surface area (Å²) < 4.78 is 0. The van der Waals surface area contributed by atoms with Crippen LogP contribution in [0, 0.1) is 0 Å². The SMILES string of the molecule is CCc1nc(C(=O)N(C)CC2CCCN2)n[nH]1. The van der Waals surface area contributed by atoms with E-state index in [-0.39, 0.29) is 11.7 Å². The van der Waals surface area contributed by atoms with Crippen molar-refractivity contribution in [1.82, 2.24) is 25.4 Å². The van der Waals surface area contributed by atoms with Crippen molar-refractivity contribution in [2.45, 2.75) is 32.2 Å². The molecule has 0 saturated carbocycles. The summed E-state index contributed by atoms with van der Waals surface area (Å²) in [6, 6.07) is 0.411. The third-order valence-electron chi connectivity index (χ3n) is 3.06. The van der Waals surface area contributed by atoms with Gasteiger partial charge in [-0.25, -0.2) is 4.98 Å². The molecule has 2 N–H and O–H groups in total. The lowest BCUT2D eigenvalue weighted by molar-refractivity contribution is 0.0772. The molecule has 6 nitrogen and oxygen atoms in total. The first-order valence-corrected chi connectivity index (χ1v) is 6.10. The van der Waals surface area contributed by atoms with Crippen molar-refractivity contribution >= 4 is 5.91 Å². The molecule has 1 aromatic heterocycles. The molecule has 1 saturated heterocycles. The Kier molecular flexibility index (Phi) is 3.73. The fourth-order valence-corrected chi connectivity index (χ4v) is 2.05. The summed E-state index contributed by atoms with van der Waals surface area (Å²) in [6.07, 6.45) is 3.08. The van der Waals surface area contributed by atoms with Crippen molar-refractivity contribution in [2.24, 2.45) is 0 Å². The number of carbonyl (C=O) groups excluding carboxylic acids is 1. The van der Waals surface area contributed by atoms with E-state index >= 15 is 0 Å². The van der Waals surface area contributed by atoms with Crippen LogP contribution in [0.25, 0.3) is 0 Å². The minimum atomic E-state index is -0.116. The number of aromatic nitrogens is 3. The molecule has 1 unspecified atom stereocenters. The molecule has 17 heavy (non-hydrogen) atoms. The quantitative estimate of drug-likeness (QED) is 0.784. The molecule has 1 atom stereocenters. The maximum Gasteiger partial charge on any atom is 0.293 e. The summed E-state index contributed by atoms with van der Waals surface area (Å²) in [5.74, 6) is 0.901. The number of hydrogen-bond acceptors (Lipinski definition) is 4. The predicted molar refractivity (Wildman–Crippen MR) is 63.7 cm³/mol. The number of likely N-dealkylation sites (N-methyl/N-ethyl adjacent to an activating group) is 1. The van der Waals surface area contributed by atoms with Gasteiger partial charge >= 0.3 is 0 Å². The van der Waals surface area contributed by atoms with Gasteiger partial charge in [0.1, 0.15) is 5.82 Å². The molecule has 0 aliphatic carbocycles. The molecular formula is C11H19N5O. The minimum absolute atomic E-state index is 0.116. The van der Waals surface area contributed by atoms with Crippen molar-refractivity contribution in [1.29, 1.82) is 0 Å². The Labute approximate surface area is 101 Å². The van der Waals surface area contributed by atoms with E-state index in [1.807, 2.05) is 6.92 Å². The van der Waals surface area contributed by atoms with E-state index in [9.17, 15) is 4.79 Å². The van der Waals surface area contributed by atoms with Crippen LogP contribution in [0.5, 0.6) is 0 Å². The maximum atomic E-state index is 12.0. The normalized spacial score (nSPS) is 19.5. The Bertz CT molecular complexity index is 383. The summed E-state index contributed by atoms with van der Waals surface area (Å²) in [4.78, 5) is 17.8. The third kappa shape index (κ3) is 2.82. The minimum Gasteiger partial charge on any atom is -0.337 e. The molecule has 0 spiro atoms. The van der Waals surface area contributed by atoms with Crippen LogP contribution in [0.2, 0.25) is 0 Å². The van der Waals surface area contributed by atoms with Crippen molar-refractivity contribution in [3.05, 3.63) is 11.6 Å². The van der Waals surface area contributed by atoms with Crippen LogP contribution in [0.4, 0.5) is 0 Å². The Hall–Kier alpha value is -1.43. The first-order valence-electron chi connectivity index (χ1n) is 6.10. The van der Waals surface area contributed by atoms with Gasteiger partial charge in [-0.05, 0) is 19.4 Å². The van der Waals surface area contributed by atoms with Gasteiger partial charge in [0.15, 0.2) is 0 Å². The Balaban J connectivity index is 1.93. The lowest BCUT2D eigenvalue weighted by Gasteiger charge is -2.19. The van der Waals surface area contributed by atoms with Crippen molar-refractivity contribution in [3.8, 4) is 0 Å². The second-order valence-electron chi connectivity index (χ2n) is 4.44. The summed E-state index contributed by atoms with van der Waals surface area (Å²) in [5.41, 5.74) is 0. The number of aromatic amines is 1. The topological polar surface area (TPSA) is 73.9 Å². The van der Waals surface area contributed by atoms with Crippen LogP contribution in [-0.4, -0.2) is 52.2 Å². The van der Waals surface area contributed by atoms with Crippen LogP contribution in [-0.2, 0) is 6.42 Å². The fraction of sp³-hybridized carbons (Fsp3) is 0.727. The monoisotopic (exact) mass is 237 g/mol. The van der Waals surface area contributed by atoms with Crippen LogP contribution < -0.4 is 5.32 Å². The molecule has 6 heteroatoms. The molecule has 1 amide bonds. The van der Waals surface area contributed by atoms with Gasteiger partial charge < -0.3 is 10.2 Å². The van der Waals surface area contributed by atoms with E-state index in [4.69, 9.17) is 0 Å². The zero-order chi connectivity index (χ0) is 12.3. The summed E-state index contributed by atoms with van der Waals surface area (Å²) in [7, 11) is 1.80. The van der Waals surface area contributed by atoms with Crippen LogP contribution >= 0.6 is 0 Å². The maximum absolute atomic E-state index is 12.0. The zero-order valence-electron chi connectivity index (χ0n) is 10.4. The van der Waals surface area contributed by atoms with E-state index in [0.29, 0.717) is 6.04 Å². The highest BCUT2D eigenvalue weighted by molar-refractivity contribution is 5.90. The van der Waals surface area contributed by atoms with E-state index in [0.717, 1.165) is 31.8 Å². The Morgan fingerprint density at radius 3 is 3.00 bits per heavy atom. The average Bonchev–Trinajstić information content (AvgIpc) is 2.98. The molecular weight excluding hydrogens is 218 g/mol. The van der Waals surface area contributed by atoms with Crippen LogP contribution in [0.15, 0.2) is 0 Å². The number of nitrogens with one attached hydrogen (secondary N) is 2. The number of amides is 1. The fourth-order valence-electron chi connectivity index (χ4n) is 2.05. The van der Waals surface area contributed by atoms with E-state index < -0.39 is 0 Å². The van der Waals surface area contributed by atoms with Gasteiger partial charge in [0.05, 0.1) is 0 Å². The van der Waals surface area contributed by atoms with Gasteiger partial charge in [-0.15, -0.1) is 5.10 Å². The molecule has 1 aromatic rings. The molecule has 2 heterocycles. The highest BCUT2D eigenvalue weighted by atomic mass is 16.2. The van der Waals surface area contributed by atoms with Crippen molar-refractivity contribution in [2.75, 3.05) is 20.1 Å². The molecule has 1 aliphatic rings. The van der Waals surface area contributed by atoms with E-state index in [2.05, 4.69) is 20.5 Å². The zero-order valence-corrected chi connectivity index (χ0v) is 10.4. The van der Waals surface area contributed by atoms with Crippen LogP contribution in [0.1, 0.15) is 36.2 Å².